The number of carbonyl (C=O) groups is 1. The minimum atomic E-state index is -5.01. The quantitative estimate of drug-likeness (QED) is 0.154. The van der Waals surface area contributed by atoms with Gasteiger partial charge in [-0.25, -0.2) is 8.42 Å². The van der Waals surface area contributed by atoms with Gasteiger partial charge in [-0.2, -0.15) is 0 Å². The van der Waals surface area contributed by atoms with Gasteiger partial charge < -0.3 is 42.8 Å². The minimum absolute atomic E-state index is 0. The van der Waals surface area contributed by atoms with Gasteiger partial charge in [0.05, 0.1) is 12.6 Å². The molecular weight excluding hydrogens is 306 g/mol. The number of rotatable bonds is 7. The molecule has 9 nitrogen and oxygen atoms in total. The normalized spacial score (nSPS) is 17.6. The summed E-state index contributed by atoms with van der Waals surface area (Å²) in [5.74, 6) is 0. The summed E-state index contributed by atoms with van der Waals surface area (Å²) in [7, 11) is -5.01. The maximum absolute atomic E-state index is 10.1. The van der Waals surface area contributed by atoms with Crippen LogP contribution in [0.1, 0.15) is 0 Å². The van der Waals surface area contributed by atoms with Crippen LogP contribution in [-0.2, 0) is 19.4 Å². The Bertz CT molecular complexity index is 328. The Kier molecular flexibility index (Phi) is 13.4. The first kappa shape index (κ1) is 23.5. The van der Waals surface area contributed by atoms with Crippen molar-refractivity contribution in [1.29, 1.82) is 0 Å². The van der Waals surface area contributed by atoms with E-state index in [1.807, 2.05) is 0 Å². The predicted octanol–water partition coefficient (Wildman–Crippen LogP) is -7.30. The van der Waals surface area contributed by atoms with E-state index in [9.17, 15) is 17.8 Å². The molecule has 18 heavy (non-hydrogen) atoms. The number of nitrogens with two attached hydrogens (primary N) is 1. The van der Waals surface area contributed by atoms with Gasteiger partial charge in [-0.05, 0) is 0 Å². The first-order valence-electron chi connectivity index (χ1n) is 4.04. The summed E-state index contributed by atoms with van der Waals surface area (Å²) in [4.78, 5) is 10.1. The summed E-state index contributed by atoms with van der Waals surface area (Å²) in [6.07, 6.45) is -5.46. The number of aliphatic hydroxyl groups excluding tert-OH is 3. The van der Waals surface area contributed by atoms with E-state index in [0.29, 0.717) is 0 Å². The smallest absolute Gasteiger partial charge is 1.00 e. The van der Waals surface area contributed by atoms with Gasteiger partial charge in [0.25, 0.3) is 0 Å². The third-order valence-corrected chi connectivity index (χ3v) is 2.10. The van der Waals surface area contributed by atoms with Crippen LogP contribution in [0.3, 0.4) is 0 Å². The van der Waals surface area contributed by atoms with E-state index in [2.05, 4.69) is 4.18 Å². The third kappa shape index (κ3) is 9.38. The first-order chi connectivity index (χ1) is 7.19. The van der Waals surface area contributed by atoms with Crippen molar-refractivity contribution in [2.24, 2.45) is 5.73 Å². The Labute approximate surface area is 126 Å². The fourth-order valence-corrected chi connectivity index (χ4v) is 1.09. The largest absolute Gasteiger partial charge is 2.00 e. The zero-order valence-electron chi connectivity index (χ0n) is 9.05. The monoisotopic (exact) mass is 317 g/mol. The standard InChI is InChI=1S/C6H13NO8S.ClH.Mg/c7-3(1-8)5(10)6(11)4(9)2-15-16(12,13)14;;/h1,3-6,9-11H,2,7H2,(H,12,13,14);1H;/q;;+2/p-2/t3-,4+,5+,6+;;/m0../s1. The number of hydrogen-bond acceptors (Lipinski definition) is 9. The summed E-state index contributed by atoms with van der Waals surface area (Å²) < 4.78 is 33.7. The second kappa shape index (κ2) is 10.3. The number of aliphatic hydroxyl groups is 3. The Hall–Kier alpha value is 0.436. The van der Waals surface area contributed by atoms with Gasteiger partial charge in [0.15, 0.2) is 0 Å². The minimum Gasteiger partial charge on any atom is -1.00 e. The topological polar surface area (TPSA) is 170 Å². The zero-order valence-corrected chi connectivity index (χ0v) is 12.0. The average molecular weight is 318 g/mol. The Balaban J connectivity index is -0.00000112. The molecule has 0 aromatic carbocycles. The van der Waals surface area contributed by atoms with Crippen LogP contribution in [0.5, 0.6) is 0 Å². The fraction of sp³-hybridized carbons (Fsp3) is 0.833. The Morgan fingerprint density at radius 2 is 1.72 bits per heavy atom. The molecule has 0 fully saturated rings. The second-order valence-electron chi connectivity index (χ2n) is 2.95. The van der Waals surface area contributed by atoms with Gasteiger partial charge in [0, 0.05) is 0 Å². The molecule has 0 aliphatic rings. The van der Waals surface area contributed by atoms with Gasteiger partial charge >= 0.3 is 23.1 Å². The molecular formula is C6H12ClMgNO8S. The van der Waals surface area contributed by atoms with Gasteiger partial charge in [-0.1, -0.05) is 0 Å². The SMILES string of the molecule is N[C@@H](C=O)[C@@H](O)[C@H](O)[C@H](O)COS(=O)(=O)[O-].[Cl-].[Mg+2]. The molecule has 0 saturated carbocycles. The molecule has 0 unspecified atom stereocenters. The molecule has 0 spiro atoms. The van der Waals surface area contributed by atoms with Gasteiger partial charge in [-0.3, -0.25) is 4.18 Å². The molecule has 5 N–H and O–H groups in total. The summed E-state index contributed by atoms with van der Waals surface area (Å²) in [5.41, 5.74) is 5.03. The molecule has 0 aliphatic carbocycles. The average Bonchev–Trinajstić information content (AvgIpc) is 2.21. The van der Waals surface area contributed by atoms with E-state index in [4.69, 9.17) is 21.1 Å². The second-order valence-corrected chi connectivity index (χ2v) is 4.01. The van der Waals surface area contributed by atoms with Crippen molar-refractivity contribution < 1.29 is 49.7 Å². The molecule has 0 heterocycles. The summed E-state index contributed by atoms with van der Waals surface area (Å²) in [6.45, 7) is -1.05. The zero-order chi connectivity index (χ0) is 12.9. The number of aldehydes is 1. The first-order valence-corrected chi connectivity index (χ1v) is 5.37. The van der Waals surface area contributed by atoms with Crippen molar-refractivity contribution in [3.63, 3.8) is 0 Å². The molecule has 4 atom stereocenters. The predicted molar refractivity (Wildman–Crippen MR) is 53.5 cm³/mol. The van der Waals surface area contributed by atoms with E-state index in [1.165, 1.54) is 0 Å². The van der Waals surface area contributed by atoms with Crippen molar-refractivity contribution in [3.8, 4) is 0 Å². The van der Waals surface area contributed by atoms with Crippen molar-refractivity contribution in [1.82, 2.24) is 0 Å². The molecule has 0 saturated heterocycles. The van der Waals surface area contributed by atoms with Crippen LogP contribution >= 0.6 is 0 Å². The van der Waals surface area contributed by atoms with Crippen LogP contribution in [0.4, 0.5) is 0 Å². The van der Waals surface area contributed by atoms with E-state index < -0.39 is 41.4 Å². The number of halogens is 1. The van der Waals surface area contributed by atoms with E-state index >= 15 is 0 Å². The van der Waals surface area contributed by atoms with E-state index in [-0.39, 0.29) is 41.7 Å². The fourth-order valence-electron chi connectivity index (χ4n) is 0.787. The van der Waals surface area contributed by atoms with Gasteiger partial charge in [0.1, 0.15) is 24.6 Å². The maximum atomic E-state index is 10.1. The molecule has 104 valence electrons. The summed E-state index contributed by atoms with van der Waals surface area (Å²) in [5, 5.41) is 27.4. The molecule has 0 aliphatic heterocycles. The van der Waals surface area contributed by atoms with Crippen molar-refractivity contribution in [3.05, 3.63) is 0 Å². The van der Waals surface area contributed by atoms with Crippen LogP contribution < -0.4 is 18.1 Å². The molecule has 0 bridgehead atoms. The molecule has 0 aromatic heterocycles. The molecule has 0 radical (unpaired) electrons. The van der Waals surface area contributed by atoms with Crippen LogP contribution in [0.15, 0.2) is 0 Å². The summed E-state index contributed by atoms with van der Waals surface area (Å²) in [6, 6.07) is -1.45. The van der Waals surface area contributed by atoms with Crippen molar-refractivity contribution >= 4 is 39.7 Å². The van der Waals surface area contributed by atoms with Crippen LogP contribution in [0, 0.1) is 0 Å². The molecule has 0 rings (SSSR count). The van der Waals surface area contributed by atoms with Gasteiger partial charge in [-0.15, -0.1) is 0 Å². The maximum Gasteiger partial charge on any atom is 2.00 e. The third-order valence-electron chi connectivity index (χ3n) is 1.68. The summed E-state index contributed by atoms with van der Waals surface area (Å²) >= 11 is 0. The van der Waals surface area contributed by atoms with E-state index in [1.54, 1.807) is 0 Å². The van der Waals surface area contributed by atoms with E-state index in [0.717, 1.165) is 0 Å². The Morgan fingerprint density at radius 1 is 1.28 bits per heavy atom. The Morgan fingerprint density at radius 3 is 2.06 bits per heavy atom. The van der Waals surface area contributed by atoms with Crippen LogP contribution in [0.2, 0.25) is 0 Å². The number of carbonyl (C=O) groups excluding carboxylic acids is 1. The van der Waals surface area contributed by atoms with Crippen molar-refractivity contribution in [2.45, 2.75) is 24.4 Å². The molecule has 12 heteroatoms. The number of hydrogen-bond donors (Lipinski definition) is 4. The van der Waals surface area contributed by atoms with Crippen LogP contribution in [0.25, 0.3) is 0 Å². The van der Waals surface area contributed by atoms with Crippen molar-refractivity contribution in [2.75, 3.05) is 6.61 Å². The molecule has 0 amide bonds. The van der Waals surface area contributed by atoms with Crippen LogP contribution in [-0.4, -0.2) is 88.6 Å². The molecule has 0 aromatic rings. The van der Waals surface area contributed by atoms with Gasteiger partial charge in [0.2, 0.25) is 10.4 Å².